The largest absolute Gasteiger partial charge is 0.481 e. The van der Waals surface area contributed by atoms with Gasteiger partial charge in [-0.2, -0.15) is 0 Å². The molecule has 0 bridgehead atoms. The smallest absolute Gasteiger partial charge is 0.312 e. The minimum absolute atomic E-state index is 0.488. The molecular formula is C17H17NO2. The monoisotopic (exact) mass is 267 g/mol. The van der Waals surface area contributed by atoms with Gasteiger partial charge in [0.2, 0.25) is 0 Å². The van der Waals surface area contributed by atoms with Gasteiger partial charge >= 0.3 is 5.97 Å². The van der Waals surface area contributed by atoms with Crippen molar-refractivity contribution in [2.75, 3.05) is 0 Å². The molecule has 1 N–H and O–H groups in total. The molecule has 1 atom stereocenters. The Balaban J connectivity index is 1.89. The molecule has 1 heterocycles. The van der Waals surface area contributed by atoms with Gasteiger partial charge in [0.05, 0.1) is 5.69 Å². The number of hydrogen-bond acceptors (Lipinski definition) is 2. The Morgan fingerprint density at radius 3 is 2.70 bits per heavy atom. The average molecular weight is 267 g/mol. The van der Waals surface area contributed by atoms with E-state index in [4.69, 9.17) is 0 Å². The van der Waals surface area contributed by atoms with E-state index < -0.39 is 11.9 Å². The van der Waals surface area contributed by atoms with Gasteiger partial charge in [-0.3, -0.25) is 9.78 Å². The highest BCUT2D eigenvalue weighted by atomic mass is 16.4. The second-order valence-electron chi connectivity index (χ2n) is 5.28. The van der Waals surface area contributed by atoms with E-state index in [-0.39, 0.29) is 0 Å². The molecule has 3 rings (SSSR count). The number of fused-ring (bicyclic) bond motifs is 1. The number of nitrogens with zero attached hydrogens (tertiary/aromatic N) is 1. The van der Waals surface area contributed by atoms with Gasteiger partial charge in [0.1, 0.15) is 5.92 Å². The first kappa shape index (κ1) is 12.9. The van der Waals surface area contributed by atoms with Crippen molar-refractivity contribution in [1.82, 2.24) is 4.98 Å². The van der Waals surface area contributed by atoms with Crippen LogP contribution in [0.3, 0.4) is 0 Å². The Kier molecular flexibility index (Phi) is 3.50. The Morgan fingerprint density at radius 1 is 1.15 bits per heavy atom. The minimum atomic E-state index is -0.806. The lowest BCUT2D eigenvalue weighted by Gasteiger charge is -2.13. The van der Waals surface area contributed by atoms with Crippen LogP contribution >= 0.6 is 0 Å². The van der Waals surface area contributed by atoms with Gasteiger partial charge in [-0.1, -0.05) is 36.4 Å². The molecule has 0 radical (unpaired) electrons. The van der Waals surface area contributed by atoms with Gasteiger partial charge in [-0.15, -0.1) is 0 Å². The molecule has 0 aliphatic heterocycles. The molecule has 0 fully saturated rings. The van der Waals surface area contributed by atoms with Crippen LogP contribution in [0.4, 0.5) is 0 Å². The summed E-state index contributed by atoms with van der Waals surface area (Å²) in [5, 5.41) is 9.50. The second kappa shape index (κ2) is 5.45. The maximum Gasteiger partial charge on any atom is 0.312 e. The van der Waals surface area contributed by atoms with E-state index in [1.807, 2.05) is 42.5 Å². The van der Waals surface area contributed by atoms with E-state index in [1.54, 1.807) is 0 Å². The van der Waals surface area contributed by atoms with Crippen LogP contribution in [-0.2, 0) is 24.1 Å². The Bertz CT molecular complexity index is 622. The van der Waals surface area contributed by atoms with Crippen LogP contribution in [0.25, 0.3) is 0 Å². The quantitative estimate of drug-likeness (QED) is 0.926. The van der Waals surface area contributed by atoms with E-state index in [0.29, 0.717) is 12.1 Å². The summed E-state index contributed by atoms with van der Waals surface area (Å²) in [5.41, 5.74) is 4.07. The highest BCUT2D eigenvalue weighted by Crippen LogP contribution is 2.25. The van der Waals surface area contributed by atoms with Crippen molar-refractivity contribution in [3.05, 3.63) is 65.0 Å². The first-order valence-corrected chi connectivity index (χ1v) is 6.99. The molecule has 0 saturated carbocycles. The van der Waals surface area contributed by atoms with Gasteiger partial charge in [0.25, 0.3) is 0 Å². The van der Waals surface area contributed by atoms with Crippen molar-refractivity contribution in [3.63, 3.8) is 0 Å². The summed E-state index contributed by atoms with van der Waals surface area (Å²) in [7, 11) is 0. The fourth-order valence-electron chi connectivity index (χ4n) is 2.80. The van der Waals surface area contributed by atoms with Gasteiger partial charge in [0, 0.05) is 5.69 Å². The minimum Gasteiger partial charge on any atom is -0.481 e. The summed E-state index contributed by atoms with van der Waals surface area (Å²) in [6.45, 7) is 0. The molecule has 20 heavy (non-hydrogen) atoms. The van der Waals surface area contributed by atoms with Crippen molar-refractivity contribution in [2.45, 2.75) is 31.6 Å². The number of hydrogen-bond donors (Lipinski definition) is 1. The van der Waals surface area contributed by atoms with Crippen LogP contribution < -0.4 is 0 Å². The third kappa shape index (κ3) is 2.57. The fourth-order valence-corrected chi connectivity index (χ4v) is 2.80. The third-order valence-electron chi connectivity index (χ3n) is 3.89. The topological polar surface area (TPSA) is 50.2 Å². The third-order valence-corrected chi connectivity index (χ3v) is 3.89. The van der Waals surface area contributed by atoms with Gasteiger partial charge in [0.15, 0.2) is 0 Å². The molecule has 102 valence electrons. The standard InChI is InChI=1S/C17H17NO2/c19-17(20)14(11-12-5-2-1-3-6-12)16-10-9-13-7-4-8-15(13)18-16/h1-3,5-6,9-10,14H,4,7-8,11H2,(H,19,20). The summed E-state index contributed by atoms with van der Waals surface area (Å²) >= 11 is 0. The predicted octanol–water partition coefficient (Wildman–Crippen LogP) is 2.98. The van der Waals surface area contributed by atoms with Crippen molar-refractivity contribution < 1.29 is 9.90 Å². The highest BCUT2D eigenvalue weighted by Gasteiger charge is 2.23. The average Bonchev–Trinajstić information content (AvgIpc) is 2.93. The number of carbonyl (C=O) groups is 1. The molecule has 2 aromatic rings. The number of carboxylic acid groups (broad SMARTS) is 1. The molecule has 0 amide bonds. The van der Waals surface area contributed by atoms with Crippen molar-refractivity contribution in [1.29, 1.82) is 0 Å². The Morgan fingerprint density at radius 2 is 1.95 bits per heavy atom. The number of carboxylic acids is 1. The molecule has 1 aliphatic carbocycles. The van der Waals surface area contributed by atoms with Crippen molar-refractivity contribution >= 4 is 5.97 Å². The Hall–Kier alpha value is -2.16. The lowest BCUT2D eigenvalue weighted by atomic mass is 9.95. The number of rotatable bonds is 4. The normalized spacial score (nSPS) is 14.8. The summed E-state index contributed by atoms with van der Waals surface area (Å²) in [6, 6.07) is 13.7. The molecule has 0 spiro atoms. The van der Waals surface area contributed by atoms with E-state index >= 15 is 0 Å². The first-order chi connectivity index (χ1) is 9.74. The highest BCUT2D eigenvalue weighted by molar-refractivity contribution is 5.76. The predicted molar refractivity (Wildman–Crippen MR) is 76.8 cm³/mol. The number of benzene rings is 1. The van der Waals surface area contributed by atoms with Gasteiger partial charge in [-0.25, -0.2) is 0 Å². The molecular weight excluding hydrogens is 250 g/mol. The van der Waals surface area contributed by atoms with E-state index in [2.05, 4.69) is 4.98 Å². The van der Waals surface area contributed by atoms with Crippen LogP contribution in [-0.4, -0.2) is 16.1 Å². The fraction of sp³-hybridized carbons (Fsp3) is 0.294. The second-order valence-corrected chi connectivity index (χ2v) is 5.28. The Labute approximate surface area is 118 Å². The van der Waals surface area contributed by atoms with E-state index in [9.17, 15) is 9.90 Å². The molecule has 3 nitrogen and oxygen atoms in total. The molecule has 1 aliphatic rings. The first-order valence-electron chi connectivity index (χ1n) is 6.99. The molecule has 1 aromatic heterocycles. The van der Waals surface area contributed by atoms with Crippen LogP contribution in [0.2, 0.25) is 0 Å². The number of aromatic nitrogens is 1. The molecule has 1 unspecified atom stereocenters. The lowest BCUT2D eigenvalue weighted by molar-refractivity contribution is -0.138. The molecule has 3 heteroatoms. The summed E-state index contributed by atoms with van der Waals surface area (Å²) < 4.78 is 0. The molecule has 0 saturated heterocycles. The number of pyridine rings is 1. The lowest BCUT2D eigenvalue weighted by Crippen LogP contribution is -2.16. The molecule has 1 aromatic carbocycles. The summed E-state index contributed by atoms with van der Waals surface area (Å²) in [4.78, 5) is 16.2. The summed E-state index contributed by atoms with van der Waals surface area (Å²) in [6.07, 6.45) is 3.66. The summed E-state index contributed by atoms with van der Waals surface area (Å²) in [5.74, 6) is -1.37. The maximum absolute atomic E-state index is 11.6. The SMILES string of the molecule is O=C(O)C(Cc1ccccc1)c1ccc2c(n1)CCC2. The van der Waals surface area contributed by atoms with Gasteiger partial charge in [-0.05, 0) is 42.9 Å². The van der Waals surface area contributed by atoms with Gasteiger partial charge < -0.3 is 5.11 Å². The zero-order chi connectivity index (χ0) is 13.9. The van der Waals surface area contributed by atoms with Crippen LogP contribution in [0.5, 0.6) is 0 Å². The van der Waals surface area contributed by atoms with Crippen LogP contribution in [0.1, 0.15) is 34.9 Å². The number of aliphatic carboxylic acids is 1. The van der Waals surface area contributed by atoms with Crippen molar-refractivity contribution in [2.24, 2.45) is 0 Å². The van der Waals surface area contributed by atoms with Crippen LogP contribution in [0, 0.1) is 0 Å². The maximum atomic E-state index is 11.6. The van der Waals surface area contributed by atoms with Crippen LogP contribution in [0.15, 0.2) is 42.5 Å². The zero-order valence-electron chi connectivity index (χ0n) is 11.2. The number of aryl methyl sites for hydroxylation is 2. The van der Waals surface area contributed by atoms with E-state index in [1.165, 1.54) is 5.56 Å². The zero-order valence-corrected chi connectivity index (χ0v) is 11.2. The van der Waals surface area contributed by atoms with E-state index in [0.717, 1.165) is 30.5 Å². The van der Waals surface area contributed by atoms with Crippen molar-refractivity contribution in [3.8, 4) is 0 Å².